The van der Waals surface area contributed by atoms with Crippen LogP contribution in [0.3, 0.4) is 0 Å². The van der Waals surface area contributed by atoms with Crippen LogP contribution in [0.4, 0.5) is 5.82 Å². The fraction of sp³-hybridized carbons (Fsp3) is 0.562. The number of aromatic nitrogens is 1. The summed E-state index contributed by atoms with van der Waals surface area (Å²) in [6, 6.07) is 3.90. The summed E-state index contributed by atoms with van der Waals surface area (Å²) >= 11 is 6.24. The second-order valence-electron chi connectivity index (χ2n) is 5.94. The van der Waals surface area contributed by atoms with Crippen LogP contribution in [-0.2, 0) is 6.54 Å². The summed E-state index contributed by atoms with van der Waals surface area (Å²) in [5, 5.41) is 4.13. The largest absolute Gasteiger partial charge is 0.353 e. The Kier molecular flexibility index (Phi) is 6.50. The van der Waals surface area contributed by atoms with Gasteiger partial charge in [-0.1, -0.05) is 24.6 Å². The first-order chi connectivity index (χ1) is 9.37. The van der Waals surface area contributed by atoms with Gasteiger partial charge in [0.25, 0.3) is 0 Å². The first-order valence-corrected chi connectivity index (χ1v) is 7.51. The van der Waals surface area contributed by atoms with Gasteiger partial charge in [-0.05, 0) is 39.3 Å². The molecule has 0 spiro atoms. The molecule has 0 aliphatic rings. The molecule has 0 aromatic carbocycles. The van der Waals surface area contributed by atoms with Crippen LogP contribution in [0.2, 0.25) is 5.02 Å². The lowest BCUT2D eigenvalue weighted by Gasteiger charge is -2.24. The van der Waals surface area contributed by atoms with Crippen molar-refractivity contribution < 1.29 is 0 Å². The van der Waals surface area contributed by atoms with Crippen molar-refractivity contribution >= 4 is 17.4 Å². The molecular formula is C16H26ClN3. The van der Waals surface area contributed by atoms with Crippen LogP contribution in [0, 0.1) is 0 Å². The van der Waals surface area contributed by atoms with E-state index in [0.29, 0.717) is 11.6 Å². The molecule has 112 valence electrons. The highest BCUT2D eigenvalue weighted by atomic mass is 35.5. The van der Waals surface area contributed by atoms with Crippen LogP contribution in [0.15, 0.2) is 24.8 Å². The Balaban J connectivity index is 2.91. The zero-order valence-corrected chi connectivity index (χ0v) is 13.8. The highest BCUT2D eigenvalue weighted by Gasteiger charge is 2.13. The van der Waals surface area contributed by atoms with Gasteiger partial charge in [-0.25, -0.2) is 4.98 Å². The molecule has 1 aromatic heterocycles. The van der Waals surface area contributed by atoms with Crippen molar-refractivity contribution in [2.75, 3.05) is 18.0 Å². The maximum Gasteiger partial charge on any atom is 0.129 e. The summed E-state index contributed by atoms with van der Waals surface area (Å²) in [4.78, 5) is 6.91. The first kappa shape index (κ1) is 17.0. The Hall–Kier alpha value is -1.06. The lowest BCUT2D eigenvalue weighted by Crippen LogP contribution is -2.35. The van der Waals surface area contributed by atoms with Crippen LogP contribution in [0.25, 0.3) is 0 Å². The SMILES string of the molecule is C=CCN(CCC)c1ccc(Cl)c(CNC(C)(C)C)n1. The average molecular weight is 296 g/mol. The van der Waals surface area contributed by atoms with Crippen LogP contribution < -0.4 is 10.2 Å². The maximum atomic E-state index is 6.24. The van der Waals surface area contributed by atoms with Gasteiger partial charge in [0, 0.05) is 25.2 Å². The molecule has 0 unspecified atom stereocenters. The summed E-state index contributed by atoms with van der Waals surface area (Å²) in [6.45, 7) is 14.8. The van der Waals surface area contributed by atoms with Crippen LogP contribution >= 0.6 is 11.6 Å². The monoisotopic (exact) mass is 295 g/mol. The van der Waals surface area contributed by atoms with E-state index in [9.17, 15) is 0 Å². The smallest absolute Gasteiger partial charge is 0.129 e. The molecule has 0 atom stereocenters. The van der Waals surface area contributed by atoms with E-state index < -0.39 is 0 Å². The quantitative estimate of drug-likeness (QED) is 0.770. The van der Waals surface area contributed by atoms with Crippen molar-refractivity contribution in [3.63, 3.8) is 0 Å². The number of nitrogens with zero attached hydrogens (tertiary/aromatic N) is 2. The second-order valence-corrected chi connectivity index (χ2v) is 6.34. The van der Waals surface area contributed by atoms with Crippen molar-refractivity contribution in [1.29, 1.82) is 0 Å². The average Bonchev–Trinajstić information content (AvgIpc) is 2.36. The molecule has 20 heavy (non-hydrogen) atoms. The number of nitrogens with one attached hydrogen (secondary N) is 1. The molecule has 0 fully saturated rings. The minimum atomic E-state index is 0.0469. The standard InChI is InChI=1S/C16H26ClN3/c1-6-10-20(11-7-2)15-9-8-13(17)14(19-15)12-18-16(3,4)5/h6,8-9,18H,1,7,10-12H2,2-5H3. The lowest BCUT2D eigenvalue weighted by molar-refractivity contribution is 0.421. The normalized spacial score (nSPS) is 11.4. The van der Waals surface area contributed by atoms with Crippen molar-refractivity contribution in [2.24, 2.45) is 0 Å². The van der Waals surface area contributed by atoms with E-state index in [-0.39, 0.29) is 5.54 Å². The van der Waals surface area contributed by atoms with Gasteiger partial charge < -0.3 is 10.2 Å². The summed E-state index contributed by atoms with van der Waals surface area (Å²) in [6.07, 6.45) is 2.98. The minimum Gasteiger partial charge on any atom is -0.353 e. The van der Waals surface area contributed by atoms with Gasteiger partial charge in [0.15, 0.2) is 0 Å². The van der Waals surface area contributed by atoms with Crippen LogP contribution in [0.5, 0.6) is 0 Å². The lowest BCUT2D eigenvalue weighted by atomic mass is 10.1. The summed E-state index contributed by atoms with van der Waals surface area (Å²) in [7, 11) is 0. The molecular weight excluding hydrogens is 270 g/mol. The zero-order chi connectivity index (χ0) is 15.2. The number of rotatable bonds is 7. The topological polar surface area (TPSA) is 28.2 Å². The molecule has 1 rings (SSSR count). The molecule has 0 aliphatic carbocycles. The Morgan fingerprint density at radius 2 is 2.10 bits per heavy atom. The highest BCUT2D eigenvalue weighted by Crippen LogP contribution is 2.20. The zero-order valence-electron chi connectivity index (χ0n) is 13.0. The molecule has 1 heterocycles. The van der Waals surface area contributed by atoms with Gasteiger partial charge in [-0.15, -0.1) is 6.58 Å². The molecule has 0 bridgehead atoms. The van der Waals surface area contributed by atoms with E-state index >= 15 is 0 Å². The van der Waals surface area contributed by atoms with E-state index in [0.717, 1.165) is 31.0 Å². The van der Waals surface area contributed by atoms with Gasteiger partial charge in [0.2, 0.25) is 0 Å². The fourth-order valence-corrected chi connectivity index (χ4v) is 2.02. The molecule has 3 nitrogen and oxygen atoms in total. The van der Waals surface area contributed by atoms with Crippen molar-refractivity contribution in [3.05, 3.63) is 35.5 Å². The Morgan fingerprint density at radius 1 is 1.40 bits per heavy atom. The molecule has 1 N–H and O–H groups in total. The summed E-state index contributed by atoms with van der Waals surface area (Å²) in [5.74, 6) is 0.960. The Bertz CT molecular complexity index is 438. The second kappa shape index (κ2) is 7.65. The van der Waals surface area contributed by atoms with Gasteiger partial charge in [0.1, 0.15) is 5.82 Å². The molecule has 0 aliphatic heterocycles. The molecule has 0 radical (unpaired) electrons. The van der Waals surface area contributed by atoms with E-state index in [1.165, 1.54) is 0 Å². The van der Waals surface area contributed by atoms with Gasteiger partial charge >= 0.3 is 0 Å². The summed E-state index contributed by atoms with van der Waals surface area (Å²) in [5.41, 5.74) is 0.940. The van der Waals surface area contributed by atoms with E-state index in [1.807, 2.05) is 18.2 Å². The third-order valence-electron chi connectivity index (χ3n) is 2.86. The number of hydrogen-bond acceptors (Lipinski definition) is 3. The fourth-order valence-electron chi connectivity index (χ4n) is 1.85. The molecule has 0 amide bonds. The number of pyridine rings is 1. The van der Waals surface area contributed by atoms with E-state index in [1.54, 1.807) is 0 Å². The summed E-state index contributed by atoms with van der Waals surface area (Å²) < 4.78 is 0. The van der Waals surface area contributed by atoms with Crippen molar-refractivity contribution in [1.82, 2.24) is 10.3 Å². The van der Waals surface area contributed by atoms with Crippen molar-refractivity contribution in [2.45, 2.75) is 46.2 Å². The van der Waals surface area contributed by atoms with Crippen LogP contribution in [0.1, 0.15) is 39.8 Å². The Morgan fingerprint density at radius 3 is 2.65 bits per heavy atom. The molecule has 0 saturated carbocycles. The van der Waals surface area contributed by atoms with E-state index in [2.05, 4.69) is 44.5 Å². The first-order valence-electron chi connectivity index (χ1n) is 7.13. The third kappa shape index (κ3) is 5.51. The number of halogens is 1. The van der Waals surface area contributed by atoms with Crippen molar-refractivity contribution in [3.8, 4) is 0 Å². The molecule has 1 aromatic rings. The molecule has 0 saturated heterocycles. The predicted molar refractivity (Wildman–Crippen MR) is 88.5 cm³/mol. The van der Waals surface area contributed by atoms with E-state index in [4.69, 9.17) is 16.6 Å². The predicted octanol–water partition coefficient (Wildman–Crippen LogP) is 4.03. The Labute approximate surface area is 128 Å². The van der Waals surface area contributed by atoms with Crippen LogP contribution in [-0.4, -0.2) is 23.6 Å². The minimum absolute atomic E-state index is 0.0469. The third-order valence-corrected chi connectivity index (χ3v) is 3.20. The number of anilines is 1. The maximum absolute atomic E-state index is 6.24. The number of hydrogen-bond donors (Lipinski definition) is 1. The molecule has 4 heteroatoms. The highest BCUT2D eigenvalue weighted by molar-refractivity contribution is 6.31. The van der Waals surface area contributed by atoms with Gasteiger partial charge in [-0.3, -0.25) is 0 Å². The van der Waals surface area contributed by atoms with Gasteiger partial charge in [0.05, 0.1) is 10.7 Å². The van der Waals surface area contributed by atoms with Gasteiger partial charge in [-0.2, -0.15) is 0 Å².